The maximum Gasteiger partial charge on any atom is 0.408 e. The molecular formula is C18H29NO5S. The van der Waals surface area contributed by atoms with Crippen LogP contribution in [0.25, 0.3) is 0 Å². The van der Waals surface area contributed by atoms with E-state index in [2.05, 4.69) is 11.4 Å². The number of esters is 1. The number of ketones is 1. The summed E-state index contributed by atoms with van der Waals surface area (Å²) in [5.41, 5.74) is -0.627. The number of hydrogen-bond acceptors (Lipinski definition) is 6. The molecule has 2 unspecified atom stereocenters. The summed E-state index contributed by atoms with van der Waals surface area (Å²) in [7, 11) is 1.30. The molecule has 1 aliphatic heterocycles. The Bertz CT molecular complexity index is 524. The van der Waals surface area contributed by atoms with Gasteiger partial charge in [-0.2, -0.15) is 0 Å². The zero-order valence-corrected chi connectivity index (χ0v) is 16.5. The van der Waals surface area contributed by atoms with E-state index in [1.807, 2.05) is 0 Å². The minimum absolute atomic E-state index is 0.200. The van der Waals surface area contributed by atoms with Crippen molar-refractivity contribution in [3.63, 3.8) is 0 Å². The molecule has 2 atom stereocenters. The van der Waals surface area contributed by atoms with Crippen molar-refractivity contribution in [3.8, 4) is 0 Å². The van der Waals surface area contributed by atoms with Crippen LogP contribution in [0.2, 0.25) is 0 Å². The summed E-state index contributed by atoms with van der Waals surface area (Å²) in [6.45, 7) is 6.90. The molecule has 0 aliphatic carbocycles. The summed E-state index contributed by atoms with van der Waals surface area (Å²) >= 11 is 1.71. The number of carbonyl (C=O) groups excluding carboxylic acids is 3. The van der Waals surface area contributed by atoms with Gasteiger partial charge in [0, 0.05) is 11.7 Å². The SMILES string of the molecule is COC(=O)C(CC1CC=C(CCCC(C)=O)S1)NC(=O)OC(C)(C)C. The lowest BCUT2D eigenvalue weighted by Crippen LogP contribution is -2.45. The highest BCUT2D eigenvalue weighted by Crippen LogP contribution is 2.37. The quantitative estimate of drug-likeness (QED) is 0.657. The average molecular weight is 371 g/mol. The van der Waals surface area contributed by atoms with Gasteiger partial charge in [-0.3, -0.25) is 0 Å². The Kier molecular flexibility index (Phi) is 8.48. The van der Waals surface area contributed by atoms with Gasteiger partial charge < -0.3 is 19.6 Å². The van der Waals surface area contributed by atoms with Crippen molar-refractivity contribution in [2.75, 3.05) is 7.11 Å². The molecule has 0 saturated carbocycles. The maximum absolute atomic E-state index is 12.0. The first-order chi connectivity index (χ1) is 11.6. The molecule has 1 heterocycles. The third-order valence-electron chi connectivity index (χ3n) is 3.55. The third kappa shape index (κ3) is 8.95. The van der Waals surface area contributed by atoms with Crippen molar-refractivity contribution >= 4 is 29.6 Å². The van der Waals surface area contributed by atoms with Gasteiger partial charge in [0.25, 0.3) is 0 Å². The van der Waals surface area contributed by atoms with Crippen molar-refractivity contribution in [1.29, 1.82) is 0 Å². The molecule has 0 saturated heterocycles. The van der Waals surface area contributed by atoms with E-state index in [0.29, 0.717) is 12.8 Å². The van der Waals surface area contributed by atoms with Crippen LogP contribution < -0.4 is 5.32 Å². The van der Waals surface area contributed by atoms with Crippen LogP contribution in [0.3, 0.4) is 0 Å². The molecule has 0 spiro atoms. The fourth-order valence-electron chi connectivity index (χ4n) is 2.46. The molecule has 0 aromatic heterocycles. The predicted octanol–water partition coefficient (Wildman–Crippen LogP) is 3.59. The molecule has 6 nitrogen and oxygen atoms in total. The highest BCUT2D eigenvalue weighted by molar-refractivity contribution is 8.03. The zero-order valence-electron chi connectivity index (χ0n) is 15.7. The van der Waals surface area contributed by atoms with Gasteiger partial charge in [0.2, 0.25) is 0 Å². The number of hydrogen-bond donors (Lipinski definition) is 1. The van der Waals surface area contributed by atoms with Gasteiger partial charge in [-0.15, -0.1) is 11.8 Å². The molecule has 1 rings (SSSR count). The third-order valence-corrected chi connectivity index (χ3v) is 4.95. The molecule has 0 fully saturated rings. The summed E-state index contributed by atoms with van der Waals surface area (Å²) in [6, 6.07) is -0.734. The largest absolute Gasteiger partial charge is 0.467 e. The van der Waals surface area contributed by atoms with Crippen LogP contribution in [-0.4, -0.2) is 41.8 Å². The van der Waals surface area contributed by atoms with Crippen LogP contribution in [0.1, 0.15) is 59.8 Å². The van der Waals surface area contributed by atoms with Crippen LogP contribution in [-0.2, 0) is 19.1 Å². The predicted molar refractivity (Wildman–Crippen MR) is 98.4 cm³/mol. The summed E-state index contributed by atoms with van der Waals surface area (Å²) in [4.78, 5) is 36.2. The van der Waals surface area contributed by atoms with Crippen molar-refractivity contribution in [1.82, 2.24) is 5.32 Å². The molecule has 7 heteroatoms. The molecule has 25 heavy (non-hydrogen) atoms. The Morgan fingerprint density at radius 1 is 1.36 bits per heavy atom. The monoisotopic (exact) mass is 371 g/mol. The number of ether oxygens (including phenoxy) is 2. The number of amides is 1. The maximum atomic E-state index is 12.0. The molecule has 0 aromatic carbocycles. The summed E-state index contributed by atoms with van der Waals surface area (Å²) < 4.78 is 10.0. The number of alkyl carbamates (subject to hydrolysis) is 1. The molecule has 1 N–H and O–H groups in total. The second-order valence-corrected chi connectivity index (χ2v) is 8.59. The van der Waals surface area contributed by atoms with E-state index in [0.717, 1.165) is 19.3 Å². The van der Waals surface area contributed by atoms with Gasteiger partial charge in [-0.25, -0.2) is 9.59 Å². The number of Topliss-reactive ketones (excluding diaryl/α,β-unsaturated/α-hetero) is 1. The summed E-state index contributed by atoms with van der Waals surface area (Å²) in [5.74, 6) is -0.274. The average Bonchev–Trinajstić information content (AvgIpc) is 2.91. The minimum atomic E-state index is -0.734. The molecule has 0 aromatic rings. The number of carbonyl (C=O) groups is 3. The second-order valence-electron chi connectivity index (χ2n) is 7.16. The van der Waals surface area contributed by atoms with Gasteiger partial charge in [-0.1, -0.05) is 6.08 Å². The van der Waals surface area contributed by atoms with Crippen molar-refractivity contribution in [2.24, 2.45) is 0 Å². The fraction of sp³-hybridized carbons (Fsp3) is 0.722. The van der Waals surface area contributed by atoms with Gasteiger partial charge in [0.05, 0.1) is 7.11 Å². The van der Waals surface area contributed by atoms with E-state index in [9.17, 15) is 14.4 Å². The zero-order chi connectivity index (χ0) is 19.0. The minimum Gasteiger partial charge on any atom is -0.467 e. The van der Waals surface area contributed by atoms with E-state index in [1.165, 1.54) is 12.0 Å². The smallest absolute Gasteiger partial charge is 0.408 e. The van der Waals surface area contributed by atoms with E-state index in [4.69, 9.17) is 9.47 Å². The van der Waals surface area contributed by atoms with E-state index in [-0.39, 0.29) is 11.0 Å². The Hall–Kier alpha value is -1.50. The molecule has 1 amide bonds. The van der Waals surface area contributed by atoms with E-state index in [1.54, 1.807) is 39.5 Å². The Balaban J connectivity index is 2.50. The highest BCUT2D eigenvalue weighted by atomic mass is 32.2. The molecular weight excluding hydrogens is 342 g/mol. The van der Waals surface area contributed by atoms with E-state index < -0.39 is 23.7 Å². The van der Waals surface area contributed by atoms with Gasteiger partial charge in [-0.05, 0) is 58.3 Å². The van der Waals surface area contributed by atoms with E-state index >= 15 is 0 Å². The normalized spacial score (nSPS) is 18.3. The van der Waals surface area contributed by atoms with Crippen LogP contribution in [0.4, 0.5) is 4.79 Å². The fourth-order valence-corrected chi connectivity index (χ4v) is 3.82. The van der Waals surface area contributed by atoms with Crippen LogP contribution in [0.5, 0.6) is 0 Å². The number of nitrogens with one attached hydrogen (secondary N) is 1. The van der Waals surface area contributed by atoms with Gasteiger partial charge in [0.15, 0.2) is 0 Å². The number of allylic oxidation sites excluding steroid dienone is 2. The lowest BCUT2D eigenvalue weighted by molar-refractivity contribution is -0.143. The topological polar surface area (TPSA) is 81.7 Å². The second kappa shape index (κ2) is 9.85. The van der Waals surface area contributed by atoms with Crippen LogP contribution in [0, 0.1) is 0 Å². The standard InChI is InChI=1S/C18H29NO5S/c1-12(20)7-6-8-13-9-10-14(25-13)11-15(16(21)23-5)19-17(22)24-18(2,3)4/h9,14-15H,6-8,10-11H2,1-5H3,(H,19,22). The molecule has 142 valence electrons. The molecule has 0 bridgehead atoms. The first kappa shape index (κ1) is 21.5. The summed E-state index contributed by atoms with van der Waals surface area (Å²) in [5, 5.41) is 2.81. The highest BCUT2D eigenvalue weighted by Gasteiger charge is 2.29. The number of rotatable bonds is 8. The molecule has 0 radical (unpaired) electrons. The lowest BCUT2D eigenvalue weighted by Gasteiger charge is -2.23. The van der Waals surface area contributed by atoms with Crippen LogP contribution >= 0.6 is 11.8 Å². The first-order valence-electron chi connectivity index (χ1n) is 8.53. The van der Waals surface area contributed by atoms with Gasteiger partial charge in [0.1, 0.15) is 17.4 Å². The Labute approximate surface area is 154 Å². The van der Waals surface area contributed by atoms with Crippen LogP contribution in [0.15, 0.2) is 11.0 Å². The number of methoxy groups -OCH3 is 1. The van der Waals surface area contributed by atoms with Crippen molar-refractivity contribution in [3.05, 3.63) is 11.0 Å². The first-order valence-corrected chi connectivity index (χ1v) is 9.41. The Morgan fingerprint density at radius 2 is 2.04 bits per heavy atom. The number of thioether (sulfide) groups is 1. The van der Waals surface area contributed by atoms with Crippen molar-refractivity contribution < 1.29 is 23.9 Å². The lowest BCUT2D eigenvalue weighted by atomic mass is 10.1. The summed E-state index contributed by atoms with van der Waals surface area (Å²) in [6.07, 6.45) is 5.15. The molecule has 1 aliphatic rings. The Morgan fingerprint density at radius 3 is 2.60 bits per heavy atom. The van der Waals surface area contributed by atoms with Gasteiger partial charge >= 0.3 is 12.1 Å². The van der Waals surface area contributed by atoms with Crippen molar-refractivity contribution in [2.45, 2.75) is 76.7 Å².